The highest BCUT2D eigenvalue weighted by Crippen LogP contribution is 2.28. The zero-order chi connectivity index (χ0) is 22.7. The number of hydrogen-bond acceptors (Lipinski definition) is 9. The SMILES string of the molecule is Cc1ccc(Nc2nnc(SCC(=O)c3c(N)n(CC(C)C)c(=O)[nH]c3=O)s2)cc1C. The molecule has 31 heavy (non-hydrogen) atoms. The van der Waals surface area contributed by atoms with Gasteiger partial charge in [0.1, 0.15) is 11.4 Å². The maximum absolute atomic E-state index is 12.7. The molecule has 2 aromatic heterocycles. The van der Waals surface area contributed by atoms with Gasteiger partial charge in [0.2, 0.25) is 5.13 Å². The number of aromatic amines is 1. The van der Waals surface area contributed by atoms with Gasteiger partial charge in [0, 0.05) is 12.2 Å². The summed E-state index contributed by atoms with van der Waals surface area (Å²) in [5, 5.41) is 12.0. The van der Waals surface area contributed by atoms with E-state index < -0.39 is 17.0 Å². The van der Waals surface area contributed by atoms with Gasteiger partial charge in [-0.05, 0) is 43.0 Å². The average molecular weight is 461 g/mol. The van der Waals surface area contributed by atoms with E-state index in [4.69, 9.17) is 5.73 Å². The van der Waals surface area contributed by atoms with E-state index in [0.29, 0.717) is 16.0 Å². The van der Waals surface area contributed by atoms with Gasteiger partial charge in [0.05, 0.1) is 5.75 Å². The number of aryl methyl sites for hydroxylation is 2. The van der Waals surface area contributed by atoms with Crippen molar-refractivity contribution in [2.75, 3.05) is 16.8 Å². The second kappa shape index (κ2) is 9.48. The van der Waals surface area contributed by atoms with Crippen LogP contribution in [0, 0.1) is 19.8 Å². The lowest BCUT2D eigenvalue weighted by molar-refractivity contribution is 0.102. The predicted octanol–water partition coefficient (Wildman–Crippen LogP) is 2.96. The van der Waals surface area contributed by atoms with Crippen molar-refractivity contribution in [3.63, 3.8) is 0 Å². The van der Waals surface area contributed by atoms with Crippen LogP contribution in [0.2, 0.25) is 0 Å². The van der Waals surface area contributed by atoms with Crippen molar-refractivity contribution in [2.24, 2.45) is 5.92 Å². The minimum atomic E-state index is -0.775. The van der Waals surface area contributed by atoms with Gasteiger partial charge in [0.15, 0.2) is 10.1 Å². The minimum Gasteiger partial charge on any atom is -0.384 e. The number of H-pyrrole nitrogens is 1. The zero-order valence-corrected chi connectivity index (χ0v) is 19.3. The van der Waals surface area contributed by atoms with Gasteiger partial charge in [-0.25, -0.2) is 4.79 Å². The number of benzene rings is 1. The van der Waals surface area contributed by atoms with Gasteiger partial charge in [-0.1, -0.05) is 43.0 Å². The molecule has 0 unspecified atom stereocenters. The number of carbonyl (C=O) groups excluding carboxylic acids is 1. The molecule has 0 fully saturated rings. The van der Waals surface area contributed by atoms with Crippen LogP contribution in [0.3, 0.4) is 0 Å². The molecule has 4 N–H and O–H groups in total. The Kier molecular flexibility index (Phi) is 6.96. The van der Waals surface area contributed by atoms with E-state index in [-0.39, 0.29) is 23.1 Å². The summed E-state index contributed by atoms with van der Waals surface area (Å²) in [5.74, 6) is -0.513. The van der Waals surface area contributed by atoms with Gasteiger partial charge in [0.25, 0.3) is 5.56 Å². The van der Waals surface area contributed by atoms with E-state index in [1.165, 1.54) is 21.5 Å². The number of thioether (sulfide) groups is 1. The molecule has 0 radical (unpaired) electrons. The second-order valence-electron chi connectivity index (χ2n) is 7.53. The summed E-state index contributed by atoms with van der Waals surface area (Å²) in [7, 11) is 0. The summed E-state index contributed by atoms with van der Waals surface area (Å²) in [5.41, 5.74) is 7.66. The maximum atomic E-state index is 12.7. The Bertz CT molecular complexity index is 1230. The fourth-order valence-electron chi connectivity index (χ4n) is 2.86. The van der Waals surface area contributed by atoms with Gasteiger partial charge in [-0.2, -0.15) is 0 Å². The Morgan fingerprint density at radius 3 is 2.68 bits per heavy atom. The monoisotopic (exact) mass is 460 g/mol. The number of hydrogen-bond donors (Lipinski definition) is 3. The number of nitrogens with two attached hydrogens (primary N) is 1. The highest BCUT2D eigenvalue weighted by Gasteiger charge is 2.20. The van der Waals surface area contributed by atoms with Gasteiger partial charge in [-0.15, -0.1) is 10.2 Å². The first kappa shape index (κ1) is 22.8. The lowest BCUT2D eigenvalue weighted by atomic mass is 10.1. The highest BCUT2D eigenvalue weighted by molar-refractivity contribution is 8.01. The van der Waals surface area contributed by atoms with E-state index in [2.05, 4.69) is 20.5 Å². The average Bonchev–Trinajstić information content (AvgIpc) is 3.13. The first-order chi connectivity index (χ1) is 14.7. The number of nitrogens with one attached hydrogen (secondary N) is 2. The molecule has 3 aromatic rings. The molecule has 0 bridgehead atoms. The zero-order valence-electron chi connectivity index (χ0n) is 17.7. The molecule has 0 aliphatic heterocycles. The number of ketones is 1. The molecule has 0 aliphatic rings. The van der Waals surface area contributed by atoms with Crippen molar-refractivity contribution in [3.8, 4) is 0 Å². The number of carbonyl (C=O) groups is 1. The number of rotatable bonds is 8. The Hall–Kier alpha value is -2.92. The highest BCUT2D eigenvalue weighted by atomic mass is 32.2. The third kappa shape index (κ3) is 5.42. The summed E-state index contributed by atoms with van der Waals surface area (Å²) < 4.78 is 1.80. The van der Waals surface area contributed by atoms with E-state index in [0.717, 1.165) is 23.0 Å². The molecule has 11 heteroatoms. The van der Waals surface area contributed by atoms with Crippen molar-refractivity contribution in [1.82, 2.24) is 19.7 Å². The molecule has 2 heterocycles. The second-order valence-corrected chi connectivity index (χ2v) is 9.73. The Morgan fingerprint density at radius 1 is 1.26 bits per heavy atom. The fraction of sp³-hybridized carbons (Fsp3) is 0.350. The van der Waals surface area contributed by atoms with Crippen molar-refractivity contribution in [1.29, 1.82) is 0 Å². The van der Waals surface area contributed by atoms with Crippen LogP contribution in [-0.2, 0) is 6.54 Å². The first-order valence-electron chi connectivity index (χ1n) is 9.62. The molecule has 1 aromatic carbocycles. The van der Waals surface area contributed by atoms with Crippen LogP contribution in [0.5, 0.6) is 0 Å². The number of nitrogens with zero attached hydrogens (tertiary/aromatic N) is 3. The van der Waals surface area contributed by atoms with Gasteiger partial charge in [-0.3, -0.25) is 19.1 Å². The van der Waals surface area contributed by atoms with E-state index in [1.807, 2.05) is 45.9 Å². The number of aromatic nitrogens is 4. The number of nitrogen functional groups attached to an aromatic ring is 1. The van der Waals surface area contributed by atoms with E-state index in [1.54, 1.807) is 0 Å². The Labute approximate surface area is 187 Å². The molecule has 0 amide bonds. The van der Waals surface area contributed by atoms with Crippen LogP contribution in [0.15, 0.2) is 32.1 Å². The van der Waals surface area contributed by atoms with Crippen LogP contribution in [0.1, 0.15) is 35.3 Å². The van der Waals surface area contributed by atoms with Gasteiger partial charge >= 0.3 is 5.69 Å². The van der Waals surface area contributed by atoms with Crippen LogP contribution in [0.25, 0.3) is 0 Å². The molecule has 164 valence electrons. The van der Waals surface area contributed by atoms with E-state index >= 15 is 0 Å². The maximum Gasteiger partial charge on any atom is 0.329 e. The molecular formula is C20H24N6O3S2. The molecule has 3 rings (SSSR count). The molecular weight excluding hydrogens is 436 g/mol. The van der Waals surface area contributed by atoms with Crippen LogP contribution in [-0.4, -0.2) is 31.3 Å². The minimum absolute atomic E-state index is 0.0502. The Balaban J connectivity index is 1.71. The molecule has 0 saturated heterocycles. The number of Topliss-reactive ketones (excluding diaryl/α,β-unsaturated/α-hetero) is 1. The van der Waals surface area contributed by atoms with Crippen molar-refractivity contribution < 1.29 is 4.79 Å². The summed E-state index contributed by atoms with van der Waals surface area (Å²) in [4.78, 5) is 39.1. The van der Waals surface area contributed by atoms with Crippen LogP contribution in [0.4, 0.5) is 16.6 Å². The van der Waals surface area contributed by atoms with Crippen LogP contribution >= 0.6 is 23.1 Å². The lowest BCUT2D eigenvalue weighted by Crippen LogP contribution is -2.37. The third-order valence-corrected chi connectivity index (χ3v) is 6.53. The standard InChI is InChI=1S/C20H24N6O3S2/c1-10(2)8-26-16(21)15(17(28)23-19(26)29)14(27)9-30-20-25-24-18(31-20)22-13-6-5-11(3)12(4)7-13/h5-7,10H,8-9,21H2,1-4H3,(H,22,24)(H,23,28,29). The summed E-state index contributed by atoms with van der Waals surface area (Å²) in [6.45, 7) is 8.20. The third-order valence-electron chi connectivity index (χ3n) is 4.56. The Morgan fingerprint density at radius 2 is 2.00 bits per heavy atom. The van der Waals surface area contributed by atoms with Crippen LogP contribution < -0.4 is 22.3 Å². The topological polar surface area (TPSA) is 136 Å². The quantitative estimate of drug-likeness (QED) is 0.345. The predicted molar refractivity (Wildman–Crippen MR) is 125 cm³/mol. The normalized spacial score (nSPS) is 11.1. The smallest absolute Gasteiger partial charge is 0.329 e. The first-order valence-corrected chi connectivity index (χ1v) is 11.4. The molecule has 9 nitrogen and oxygen atoms in total. The van der Waals surface area contributed by atoms with Crippen molar-refractivity contribution >= 4 is 45.5 Å². The van der Waals surface area contributed by atoms with Crippen molar-refractivity contribution in [2.45, 2.75) is 38.6 Å². The summed E-state index contributed by atoms with van der Waals surface area (Å²) in [6.07, 6.45) is 0. The molecule has 0 aliphatic carbocycles. The summed E-state index contributed by atoms with van der Waals surface area (Å²) >= 11 is 2.46. The molecule has 0 spiro atoms. The summed E-state index contributed by atoms with van der Waals surface area (Å²) in [6, 6.07) is 6.00. The van der Waals surface area contributed by atoms with Gasteiger partial charge < -0.3 is 11.1 Å². The largest absolute Gasteiger partial charge is 0.384 e. The molecule has 0 saturated carbocycles. The molecule has 0 atom stereocenters. The van der Waals surface area contributed by atoms with E-state index in [9.17, 15) is 14.4 Å². The lowest BCUT2D eigenvalue weighted by Gasteiger charge is -2.13. The fourth-order valence-corrected chi connectivity index (χ4v) is 4.51. The van der Waals surface area contributed by atoms with Crippen molar-refractivity contribution in [3.05, 3.63) is 55.7 Å². The number of anilines is 3.